The second kappa shape index (κ2) is 9.00. The number of likely N-dealkylation sites (tertiary alicyclic amines) is 1. The molecule has 0 aromatic heterocycles. The number of ether oxygens (including phenoxy) is 1. The summed E-state index contributed by atoms with van der Waals surface area (Å²) in [5, 5.41) is 15.2. The highest BCUT2D eigenvalue weighted by molar-refractivity contribution is 5.98. The third-order valence-electron chi connectivity index (χ3n) is 6.57. The van der Waals surface area contributed by atoms with Crippen LogP contribution in [-0.4, -0.2) is 71.2 Å². The fourth-order valence-corrected chi connectivity index (χ4v) is 5.43. The molecule has 3 amide bonds. The molecule has 6 atom stereocenters. The van der Waals surface area contributed by atoms with Crippen molar-refractivity contribution in [1.29, 1.82) is 0 Å². The minimum absolute atomic E-state index is 0.00000309. The zero-order valence-corrected chi connectivity index (χ0v) is 17.8. The van der Waals surface area contributed by atoms with Crippen LogP contribution in [0.4, 0.5) is 0 Å². The van der Waals surface area contributed by atoms with E-state index >= 15 is 0 Å². The molecular weight excluding hydrogens is 374 g/mol. The van der Waals surface area contributed by atoms with Crippen LogP contribution in [0.25, 0.3) is 0 Å². The Labute approximate surface area is 172 Å². The summed E-state index contributed by atoms with van der Waals surface area (Å²) >= 11 is 0. The molecule has 3 unspecified atom stereocenters. The van der Waals surface area contributed by atoms with Gasteiger partial charge >= 0.3 is 0 Å². The van der Waals surface area contributed by atoms with E-state index in [9.17, 15) is 19.5 Å². The molecule has 2 bridgehead atoms. The molecule has 164 valence electrons. The topological polar surface area (TPSA) is 108 Å². The van der Waals surface area contributed by atoms with Crippen LogP contribution in [-0.2, 0) is 19.1 Å². The molecule has 3 saturated heterocycles. The first-order chi connectivity index (χ1) is 13.9. The van der Waals surface area contributed by atoms with E-state index in [1.165, 1.54) is 0 Å². The number of nitrogens with zero attached hydrogens (tertiary/aromatic N) is 1. The van der Waals surface area contributed by atoms with Gasteiger partial charge in [0.1, 0.15) is 11.6 Å². The maximum atomic E-state index is 13.4. The zero-order valence-electron chi connectivity index (χ0n) is 17.8. The van der Waals surface area contributed by atoms with Crippen molar-refractivity contribution in [1.82, 2.24) is 15.5 Å². The van der Waals surface area contributed by atoms with Gasteiger partial charge in [-0.05, 0) is 39.0 Å². The van der Waals surface area contributed by atoms with E-state index in [-0.39, 0.29) is 43.0 Å². The number of amides is 3. The van der Waals surface area contributed by atoms with Crippen molar-refractivity contribution in [2.24, 2.45) is 11.8 Å². The molecule has 8 nitrogen and oxygen atoms in total. The lowest BCUT2D eigenvalue weighted by atomic mass is 9.70. The first-order valence-electron chi connectivity index (χ1n) is 11.1. The van der Waals surface area contributed by atoms with Gasteiger partial charge in [-0.1, -0.05) is 20.3 Å². The molecule has 3 heterocycles. The molecule has 0 aliphatic carbocycles. The standard InChI is InChI=1S/C21H35N3O5/c1-4-7-13(3)23-19(27)17-21-9-8-14(29-21)15(18(26)22-10-5-2)16(21)20(28)24(17)11-6-12-25/h13-17,25H,4-12H2,1-3H3,(H,22,26)(H,23,27)/t13?,14-,15+,16+,17?,21?/m1/s1. The zero-order chi connectivity index (χ0) is 21.2. The Morgan fingerprint density at radius 3 is 2.72 bits per heavy atom. The molecule has 3 fully saturated rings. The summed E-state index contributed by atoms with van der Waals surface area (Å²) in [7, 11) is 0. The number of hydrogen-bond donors (Lipinski definition) is 3. The number of aliphatic hydroxyl groups excluding tert-OH is 1. The molecule has 8 heteroatoms. The van der Waals surface area contributed by atoms with Gasteiger partial charge < -0.3 is 25.4 Å². The lowest BCUT2D eigenvalue weighted by molar-refractivity contribution is -0.142. The average Bonchev–Trinajstić information content (AvgIpc) is 3.32. The minimum Gasteiger partial charge on any atom is -0.396 e. The molecule has 3 aliphatic rings. The summed E-state index contributed by atoms with van der Waals surface area (Å²) in [5.74, 6) is -1.74. The van der Waals surface area contributed by atoms with Crippen LogP contribution in [0.2, 0.25) is 0 Å². The van der Waals surface area contributed by atoms with Gasteiger partial charge in [-0.15, -0.1) is 0 Å². The van der Waals surface area contributed by atoms with Gasteiger partial charge in [0.15, 0.2) is 0 Å². The van der Waals surface area contributed by atoms with E-state index in [1.807, 2.05) is 13.8 Å². The third-order valence-corrected chi connectivity index (χ3v) is 6.57. The maximum absolute atomic E-state index is 13.4. The van der Waals surface area contributed by atoms with Crippen molar-refractivity contribution in [2.45, 2.75) is 83.1 Å². The second-order valence-electron chi connectivity index (χ2n) is 8.65. The molecule has 0 aromatic rings. The van der Waals surface area contributed by atoms with E-state index in [0.717, 1.165) is 19.3 Å². The van der Waals surface area contributed by atoms with Crippen LogP contribution in [0, 0.1) is 11.8 Å². The van der Waals surface area contributed by atoms with Gasteiger partial charge in [-0.2, -0.15) is 0 Å². The summed E-state index contributed by atoms with van der Waals surface area (Å²) in [6.45, 7) is 6.78. The summed E-state index contributed by atoms with van der Waals surface area (Å²) < 4.78 is 6.31. The molecule has 3 aliphatic heterocycles. The fourth-order valence-electron chi connectivity index (χ4n) is 5.43. The van der Waals surface area contributed by atoms with Gasteiger partial charge in [0.25, 0.3) is 0 Å². The highest BCUT2D eigenvalue weighted by atomic mass is 16.5. The molecule has 0 aromatic carbocycles. The summed E-state index contributed by atoms with van der Waals surface area (Å²) in [5.41, 5.74) is -0.943. The van der Waals surface area contributed by atoms with E-state index in [0.29, 0.717) is 25.8 Å². The predicted octanol–water partition coefficient (Wildman–Crippen LogP) is 0.574. The summed E-state index contributed by atoms with van der Waals surface area (Å²) in [4.78, 5) is 41.1. The number of fused-ring (bicyclic) bond motifs is 1. The Bertz CT molecular complexity index is 642. The number of aliphatic hydroxyl groups is 1. The SMILES string of the molecule is CCCNC(=O)[C@@H]1[C@H]2C(=O)N(CCCO)C(C(=O)NC(C)CCC)C23CC[C@H]1O3. The number of hydrogen-bond acceptors (Lipinski definition) is 5. The molecule has 0 radical (unpaired) electrons. The molecule has 29 heavy (non-hydrogen) atoms. The molecule has 3 rings (SSSR count). The van der Waals surface area contributed by atoms with Gasteiger partial charge in [0.05, 0.1) is 17.9 Å². The number of carbonyl (C=O) groups is 3. The van der Waals surface area contributed by atoms with Gasteiger partial charge in [0.2, 0.25) is 17.7 Å². The largest absolute Gasteiger partial charge is 0.396 e. The van der Waals surface area contributed by atoms with Crippen LogP contribution < -0.4 is 10.6 Å². The smallest absolute Gasteiger partial charge is 0.246 e. The summed E-state index contributed by atoms with van der Waals surface area (Å²) in [6, 6.07) is -0.750. The Morgan fingerprint density at radius 2 is 2.07 bits per heavy atom. The van der Waals surface area contributed by atoms with Crippen molar-refractivity contribution >= 4 is 17.7 Å². The first-order valence-corrected chi connectivity index (χ1v) is 11.1. The lowest BCUT2D eigenvalue weighted by Crippen LogP contribution is -2.56. The Morgan fingerprint density at radius 1 is 1.31 bits per heavy atom. The quantitative estimate of drug-likeness (QED) is 0.489. The normalized spacial score (nSPS) is 33.7. The summed E-state index contributed by atoms with van der Waals surface area (Å²) in [6.07, 6.45) is 3.97. The Kier molecular flexibility index (Phi) is 6.83. The van der Waals surface area contributed by atoms with Gasteiger partial charge in [-0.25, -0.2) is 0 Å². The van der Waals surface area contributed by atoms with Crippen molar-refractivity contribution in [2.75, 3.05) is 19.7 Å². The average molecular weight is 410 g/mol. The first kappa shape index (κ1) is 22.0. The van der Waals surface area contributed by atoms with Gasteiger partial charge in [0, 0.05) is 25.7 Å². The van der Waals surface area contributed by atoms with Crippen molar-refractivity contribution in [3.05, 3.63) is 0 Å². The van der Waals surface area contributed by atoms with Crippen LogP contribution >= 0.6 is 0 Å². The number of nitrogens with one attached hydrogen (secondary N) is 2. The second-order valence-corrected chi connectivity index (χ2v) is 8.65. The van der Waals surface area contributed by atoms with Crippen LogP contribution in [0.5, 0.6) is 0 Å². The predicted molar refractivity (Wildman–Crippen MR) is 107 cm³/mol. The highest BCUT2D eigenvalue weighted by Crippen LogP contribution is 2.58. The van der Waals surface area contributed by atoms with Crippen molar-refractivity contribution < 1.29 is 24.2 Å². The fraction of sp³-hybridized carbons (Fsp3) is 0.857. The maximum Gasteiger partial charge on any atom is 0.246 e. The van der Waals surface area contributed by atoms with Gasteiger partial charge in [-0.3, -0.25) is 14.4 Å². The molecule has 3 N–H and O–H groups in total. The molecule has 1 spiro atoms. The molecule has 0 saturated carbocycles. The van der Waals surface area contributed by atoms with Crippen LogP contribution in [0.3, 0.4) is 0 Å². The monoisotopic (exact) mass is 409 g/mol. The number of rotatable bonds is 10. The van der Waals surface area contributed by atoms with E-state index in [4.69, 9.17) is 4.74 Å². The van der Waals surface area contributed by atoms with E-state index in [1.54, 1.807) is 4.90 Å². The van der Waals surface area contributed by atoms with Crippen molar-refractivity contribution in [3.8, 4) is 0 Å². The Hall–Kier alpha value is -1.67. The van der Waals surface area contributed by atoms with E-state index in [2.05, 4.69) is 17.6 Å². The third kappa shape index (κ3) is 3.77. The molecular formula is C21H35N3O5. The Balaban J connectivity index is 1.89. The van der Waals surface area contributed by atoms with Crippen LogP contribution in [0.15, 0.2) is 0 Å². The number of carbonyl (C=O) groups excluding carboxylic acids is 3. The van der Waals surface area contributed by atoms with Crippen LogP contribution in [0.1, 0.15) is 59.3 Å². The van der Waals surface area contributed by atoms with Crippen molar-refractivity contribution in [3.63, 3.8) is 0 Å². The van der Waals surface area contributed by atoms with E-state index < -0.39 is 23.5 Å². The lowest BCUT2D eigenvalue weighted by Gasteiger charge is -2.34. The highest BCUT2D eigenvalue weighted by Gasteiger charge is 2.74. The minimum atomic E-state index is -0.943.